The Balaban J connectivity index is 1.91. The lowest BCUT2D eigenvalue weighted by Crippen LogP contribution is -2.33. The molecule has 1 aliphatic rings. The van der Waals surface area contributed by atoms with Crippen molar-refractivity contribution in [2.75, 3.05) is 20.3 Å². The van der Waals surface area contributed by atoms with Crippen LogP contribution in [0.5, 0.6) is 0 Å². The van der Waals surface area contributed by atoms with Gasteiger partial charge in [0.2, 0.25) is 0 Å². The van der Waals surface area contributed by atoms with E-state index in [-0.39, 0.29) is 6.61 Å². The van der Waals surface area contributed by atoms with Gasteiger partial charge in [-0.05, 0) is 25.7 Å². The van der Waals surface area contributed by atoms with Gasteiger partial charge in [0.1, 0.15) is 12.4 Å². The predicted molar refractivity (Wildman–Crippen MR) is 69.7 cm³/mol. The van der Waals surface area contributed by atoms with Gasteiger partial charge >= 0.3 is 0 Å². The first-order valence-electron chi connectivity index (χ1n) is 6.90. The normalized spacial score (nSPS) is 22.5. The summed E-state index contributed by atoms with van der Waals surface area (Å²) < 4.78 is 12.6. The van der Waals surface area contributed by atoms with E-state index >= 15 is 0 Å². The molecule has 0 bridgehead atoms. The SMILES string of the molecule is CCOC1CC(Cc2nnc(CO)n2CCOC)C1. The minimum absolute atomic E-state index is 0.0804. The topological polar surface area (TPSA) is 69.4 Å². The molecule has 0 amide bonds. The van der Waals surface area contributed by atoms with Gasteiger partial charge in [-0.15, -0.1) is 10.2 Å². The number of hydrogen-bond donors (Lipinski definition) is 1. The van der Waals surface area contributed by atoms with Crippen LogP contribution in [0.15, 0.2) is 0 Å². The molecule has 1 fully saturated rings. The van der Waals surface area contributed by atoms with E-state index < -0.39 is 0 Å². The maximum Gasteiger partial charge on any atom is 0.158 e. The number of ether oxygens (including phenoxy) is 2. The van der Waals surface area contributed by atoms with Crippen LogP contribution < -0.4 is 0 Å². The molecule has 108 valence electrons. The number of aliphatic hydroxyl groups excluding tert-OH is 1. The van der Waals surface area contributed by atoms with Crippen LogP contribution >= 0.6 is 0 Å². The molecule has 0 spiro atoms. The molecule has 1 aliphatic carbocycles. The first-order chi connectivity index (χ1) is 9.28. The van der Waals surface area contributed by atoms with Gasteiger partial charge in [0, 0.05) is 26.7 Å². The average Bonchev–Trinajstić information content (AvgIpc) is 2.76. The maximum atomic E-state index is 9.26. The van der Waals surface area contributed by atoms with E-state index in [0.717, 1.165) is 31.7 Å². The quantitative estimate of drug-likeness (QED) is 0.755. The van der Waals surface area contributed by atoms with Gasteiger partial charge in [0.15, 0.2) is 5.82 Å². The Morgan fingerprint density at radius 1 is 1.32 bits per heavy atom. The highest BCUT2D eigenvalue weighted by Crippen LogP contribution is 2.32. The van der Waals surface area contributed by atoms with Crippen LogP contribution in [0.1, 0.15) is 31.4 Å². The fourth-order valence-corrected chi connectivity index (χ4v) is 2.55. The van der Waals surface area contributed by atoms with Crippen molar-refractivity contribution < 1.29 is 14.6 Å². The highest BCUT2D eigenvalue weighted by Gasteiger charge is 2.31. The van der Waals surface area contributed by atoms with Gasteiger partial charge in [0.05, 0.1) is 12.7 Å². The Hall–Kier alpha value is -0.980. The summed E-state index contributed by atoms with van der Waals surface area (Å²) in [6, 6.07) is 0. The Bertz CT molecular complexity index is 388. The number of hydrogen-bond acceptors (Lipinski definition) is 5. The molecular formula is C13H23N3O3. The van der Waals surface area contributed by atoms with E-state index in [1.165, 1.54) is 0 Å². The molecule has 1 aromatic rings. The largest absolute Gasteiger partial charge is 0.388 e. The Morgan fingerprint density at radius 2 is 2.05 bits per heavy atom. The fourth-order valence-electron chi connectivity index (χ4n) is 2.55. The van der Waals surface area contributed by atoms with Crippen LogP contribution in [-0.2, 0) is 29.0 Å². The predicted octanol–water partition coefficient (Wildman–Crippen LogP) is 0.774. The third kappa shape index (κ3) is 3.52. The first kappa shape index (κ1) is 14.4. The van der Waals surface area contributed by atoms with Gasteiger partial charge in [-0.25, -0.2) is 0 Å². The third-order valence-corrected chi connectivity index (χ3v) is 3.63. The van der Waals surface area contributed by atoms with Crippen molar-refractivity contribution in [3.8, 4) is 0 Å². The zero-order chi connectivity index (χ0) is 13.7. The summed E-state index contributed by atoms with van der Waals surface area (Å²) >= 11 is 0. The van der Waals surface area contributed by atoms with Crippen molar-refractivity contribution in [2.45, 2.75) is 45.4 Å². The average molecular weight is 269 g/mol. The van der Waals surface area contributed by atoms with Gasteiger partial charge in [-0.1, -0.05) is 0 Å². The molecule has 1 heterocycles. The van der Waals surface area contributed by atoms with Crippen molar-refractivity contribution in [2.24, 2.45) is 5.92 Å². The molecule has 19 heavy (non-hydrogen) atoms. The molecule has 2 rings (SSSR count). The number of rotatable bonds is 8. The molecule has 1 saturated carbocycles. The zero-order valence-electron chi connectivity index (χ0n) is 11.7. The summed E-state index contributed by atoms with van der Waals surface area (Å²) in [6.45, 7) is 4.03. The third-order valence-electron chi connectivity index (χ3n) is 3.63. The minimum Gasteiger partial charge on any atom is -0.388 e. The lowest BCUT2D eigenvalue weighted by atomic mass is 9.80. The summed E-state index contributed by atoms with van der Waals surface area (Å²) in [4.78, 5) is 0. The second kappa shape index (κ2) is 6.98. The molecule has 1 aromatic heterocycles. The number of aliphatic hydroxyl groups is 1. The zero-order valence-corrected chi connectivity index (χ0v) is 11.7. The van der Waals surface area contributed by atoms with Crippen LogP contribution in [0.2, 0.25) is 0 Å². The molecular weight excluding hydrogens is 246 g/mol. The number of methoxy groups -OCH3 is 1. The maximum absolute atomic E-state index is 9.26. The van der Waals surface area contributed by atoms with Crippen molar-refractivity contribution >= 4 is 0 Å². The smallest absolute Gasteiger partial charge is 0.158 e. The molecule has 0 unspecified atom stereocenters. The number of aromatic nitrogens is 3. The molecule has 6 nitrogen and oxygen atoms in total. The summed E-state index contributed by atoms with van der Waals surface area (Å²) in [6.07, 6.45) is 3.52. The van der Waals surface area contributed by atoms with Crippen molar-refractivity contribution in [1.29, 1.82) is 0 Å². The molecule has 6 heteroatoms. The van der Waals surface area contributed by atoms with Crippen LogP contribution in [0.4, 0.5) is 0 Å². The van der Waals surface area contributed by atoms with Crippen molar-refractivity contribution in [3.05, 3.63) is 11.6 Å². The van der Waals surface area contributed by atoms with E-state index in [1.807, 2.05) is 11.5 Å². The summed E-state index contributed by atoms with van der Waals surface area (Å²) in [7, 11) is 1.67. The van der Waals surface area contributed by atoms with Gasteiger partial charge in [0.25, 0.3) is 0 Å². The van der Waals surface area contributed by atoms with Crippen LogP contribution in [0.3, 0.4) is 0 Å². The molecule has 0 atom stereocenters. The Kier molecular flexibility index (Phi) is 5.30. The van der Waals surface area contributed by atoms with E-state index in [0.29, 0.717) is 31.0 Å². The van der Waals surface area contributed by atoms with Gasteiger partial charge in [-0.3, -0.25) is 0 Å². The molecule has 0 aromatic carbocycles. The monoisotopic (exact) mass is 269 g/mol. The van der Waals surface area contributed by atoms with E-state index in [1.54, 1.807) is 7.11 Å². The van der Waals surface area contributed by atoms with E-state index in [9.17, 15) is 5.11 Å². The van der Waals surface area contributed by atoms with Gasteiger partial charge < -0.3 is 19.1 Å². The summed E-state index contributed by atoms with van der Waals surface area (Å²) in [5.74, 6) is 2.18. The minimum atomic E-state index is -0.0804. The van der Waals surface area contributed by atoms with Crippen LogP contribution in [0, 0.1) is 5.92 Å². The Morgan fingerprint density at radius 3 is 2.68 bits per heavy atom. The molecule has 1 N–H and O–H groups in total. The van der Waals surface area contributed by atoms with E-state index in [2.05, 4.69) is 10.2 Å². The summed E-state index contributed by atoms with van der Waals surface area (Å²) in [5, 5.41) is 17.5. The van der Waals surface area contributed by atoms with Crippen molar-refractivity contribution in [3.63, 3.8) is 0 Å². The summed E-state index contributed by atoms with van der Waals surface area (Å²) in [5.41, 5.74) is 0. The lowest BCUT2D eigenvalue weighted by molar-refractivity contribution is -0.0248. The molecule has 0 aliphatic heterocycles. The highest BCUT2D eigenvalue weighted by atomic mass is 16.5. The second-order valence-electron chi connectivity index (χ2n) is 4.95. The standard InChI is InChI=1S/C13H23N3O3/c1-3-19-11-6-10(7-11)8-12-14-15-13(9-17)16(12)4-5-18-2/h10-11,17H,3-9H2,1-2H3. The van der Waals surface area contributed by atoms with Crippen LogP contribution in [0.25, 0.3) is 0 Å². The lowest BCUT2D eigenvalue weighted by Gasteiger charge is -2.34. The number of nitrogens with zero attached hydrogens (tertiary/aromatic N) is 3. The molecule has 0 saturated heterocycles. The highest BCUT2D eigenvalue weighted by molar-refractivity contribution is 4.99. The van der Waals surface area contributed by atoms with Crippen molar-refractivity contribution in [1.82, 2.24) is 14.8 Å². The van der Waals surface area contributed by atoms with E-state index in [4.69, 9.17) is 9.47 Å². The van der Waals surface area contributed by atoms with Gasteiger partial charge in [-0.2, -0.15) is 0 Å². The Labute approximate surface area is 113 Å². The first-order valence-corrected chi connectivity index (χ1v) is 6.90. The molecule has 0 radical (unpaired) electrons. The fraction of sp³-hybridized carbons (Fsp3) is 0.846. The second-order valence-corrected chi connectivity index (χ2v) is 4.95. The van der Waals surface area contributed by atoms with Crippen LogP contribution in [-0.4, -0.2) is 46.3 Å².